The van der Waals surface area contributed by atoms with Gasteiger partial charge in [-0.3, -0.25) is 4.79 Å². The van der Waals surface area contributed by atoms with Crippen LogP contribution in [0.15, 0.2) is 42.5 Å². The number of hydrogen-bond donors (Lipinski definition) is 2. The maximum Gasteiger partial charge on any atom is 0.255 e. The Morgan fingerprint density at radius 3 is 2.71 bits per heavy atom. The molecule has 2 atom stereocenters. The summed E-state index contributed by atoms with van der Waals surface area (Å²) < 4.78 is 5.12. The minimum absolute atomic E-state index is 0.104. The van der Waals surface area contributed by atoms with Gasteiger partial charge in [0.05, 0.1) is 7.11 Å². The van der Waals surface area contributed by atoms with E-state index < -0.39 is 0 Å². The standard InChI is InChI=1S/C20H22N2O2/c1-24-15-9-6-13(7-10-15)20(23)21-14-8-11-17-16-4-2-3-5-18(16)22-19(17)12-14/h6-12,16,18,22H,2-5H2,1H3,(H,21,23)/t16-,18+/m0/s1. The van der Waals surface area contributed by atoms with Crippen molar-refractivity contribution in [2.45, 2.75) is 37.6 Å². The van der Waals surface area contributed by atoms with Gasteiger partial charge in [-0.05, 0) is 54.8 Å². The highest BCUT2D eigenvalue weighted by molar-refractivity contribution is 6.04. The van der Waals surface area contributed by atoms with Crippen LogP contribution in [0.5, 0.6) is 5.75 Å². The highest BCUT2D eigenvalue weighted by atomic mass is 16.5. The van der Waals surface area contributed by atoms with Gasteiger partial charge in [-0.15, -0.1) is 0 Å². The van der Waals surface area contributed by atoms with E-state index in [1.165, 1.54) is 36.9 Å². The summed E-state index contributed by atoms with van der Waals surface area (Å²) in [6.45, 7) is 0. The fraction of sp³-hybridized carbons (Fsp3) is 0.350. The number of carbonyl (C=O) groups is 1. The number of amides is 1. The Labute approximate surface area is 142 Å². The third kappa shape index (κ3) is 2.73. The number of carbonyl (C=O) groups excluding carboxylic acids is 1. The molecule has 1 aliphatic carbocycles. The van der Waals surface area contributed by atoms with Crippen LogP contribution in [0.1, 0.15) is 47.5 Å². The first-order valence-corrected chi connectivity index (χ1v) is 8.60. The average Bonchev–Trinajstić information content (AvgIpc) is 2.99. The molecule has 2 N–H and O–H groups in total. The van der Waals surface area contributed by atoms with E-state index in [4.69, 9.17) is 4.74 Å². The summed E-state index contributed by atoms with van der Waals surface area (Å²) in [5, 5.41) is 6.62. The maximum absolute atomic E-state index is 12.4. The third-order valence-corrected chi connectivity index (χ3v) is 5.17. The van der Waals surface area contributed by atoms with Gasteiger partial charge < -0.3 is 15.4 Å². The molecule has 2 aromatic rings. The van der Waals surface area contributed by atoms with E-state index in [9.17, 15) is 4.79 Å². The van der Waals surface area contributed by atoms with Crippen molar-refractivity contribution in [1.82, 2.24) is 0 Å². The topological polar surface area (TPSA) is 50.4 Å². The summed E-state index contributed by atoms with van der Waals surface area (Å²) in [5.41, 5.74) is 4.04. The molecule has 1 saturated carbocycles. The molecule has 124 valence electrons. The molecule has 1 heterocycles. The fourth-order valence-corrected chi connectivity index (χ4v) is 3.90. The zero-order chi connectivity index (χ0) is 16.5. The minimum atomic E-state index is -0.104. The predicted octanol–water partition coefficient (Wildman–Crippen LogP) is 4.40. The number of benzene rings is 2. The Bertz CT molecular complexity index is 755. The molecule has 0 saturated heterocycles. The van der Waals surface area contributed by atoms with Gasteiger partial charge in [0.2, 0.25) is 0 Å². The predicted molar refractivity (Wildman–Crippen MR) is 96.0 cm³/mol. The molecule has 4 rings (SSSR count). The van der Waals surface area contributed by atoms with E-state index in [-0.39, 0.29) is 5.91 Å². The van der Waals surface area contributed by atoms with Crippen molar-refractivity contribution in [3.8, 4) is 5.75 Å². The SMILES string of the molecule is COc1ccc(C(=O)Nc2ccc3c(c2)N[C@@H]2CCCC[C@@H]32)cc1. The van der Waals surface area contributed by atoms with Crippen molar-refractivity contribution < 1.29 is 9.53 Å². The highest BCUT2D eigenvalue weighted by Crippen LogP contribution is 2.44. The number of fused-ring (bicyclic) bond motifs is 3. The molecule has 0 unspecified atom stereocenters. The Morgan fingerprint density at radius 1 is 1.12 bits per heavy atom. The van der Waals surface area contributed by atoms with E-state index in [0.717, 1.165) is 11.4 Å². The largest absolute Gasteiger partial charge is 0.497 e. The molecule has 0 aromatic heterocycles. The van der Waals surface area contributed by atoms with Gasteiger partial charge in [-0.2, -0.15) is 0 Å². The van der Waals surface area contributed by atoms with Gasteiger partial charge in [0.25, 0.3) is 5.91 Å². The lowest BCUT2D eigenvalue weighted by Gasteiger charge is -2.25. The van der Waals surface area contributed by atoms with Crippen molar-refractivity contribution in [2.24, 2.45) is 0 Å². The van der Waals surface area contributed by atoms with Gasteiger partial charge in [-0.25, -0.2) is 0 Å². The molecule has 0 radical (unpaired) electrons. The first-order chi connectivity index (χ1) is 11.7. The zero-order valence-corrected chi connectivity index (χ0v) is 13.8. The second kappa shape index (κ2) is 6.19. The van der Waals surface area contributed by atoms with Crippen molar-refractivity contribution in [2.75, 3.05) is 17.7 Å². The van der Waals surface area contributed by atoms with E-state index in [1.54, 1.807) is 31.4 Å². The third-order valence-electron chi connectivity index (χ3n) is 5.17. The van der Waals surface area contributed by atoms with Crippen LogP contribution in [0, 0.1) is 0 Å². The van der Waals surface area contributed by atoms with Crippen LogP contribution in [-0.4, -0.2) is 19.1 Å². The van der Waals surface area contributed by atoms with Crippen LogP contribution < -0.4 is 15.4 Å². The Hall–Kier alpha value is -2.49. The van der Waals surface area contributed by atoms with Crippen molar-refractivity contribution in [3.05, 3.63) is 53.6 Å². The molecule has 2 aliphatic rings. The molecule has 1 fully saturated rings. The molecule has 24 heavy (non-hydrogen) atoms. The number of ether oxygens (including phenoxy) is 1. The van der Waals surface area contributed by atoms with E-state index in [1.807, 2.05) is 6.07 Å². The maximum atomic E-state index is 12.4. The lowest BCUT2D eigenvalue weighted by molar-refractivity contribution is 0.102. The number of nitrogens with one attached hydrogen (secondary N) is 2. The Morgan fingerprint density at radius 2 is 1.92 bits per heavy atom. The molecule has 0 bridgehead atoms. The highest BCUT2D eigenvalue weighted by Gasteiger charge is 2.33. The molecule has 4 nitrogen and oxygen atoms in total. The van der Waals surface area contributed by atoms with Gasteiger partial charge in [0, 0.05) is 28.9 Å². The summed E-state index contributed by atoms with van der Waals surface area (Å²) in [4.78, 5) is 12.4. The lowest BCUT2D eigenvalue weighted by Crippen LogP contribution is -2.23. The van der Waals surface area contributed by atoms with Crippen molar-refractivity contribution in [3.63, 3.8) is 0 Å². The smallest absolute Gasteiger partial charge is 0.255 e. The monoisotopic (exact) mass is 322 g/mol. The normalized spacial score (nSPS) is 21.4. The second-order valence-electron chi connectivity index (χ2n) is 6.63. The van der Waals surface area contributed by atoms with E-state index in [0.29, 0.717) is 17.5 Å². The summed E-state index contributed by atoms with van der Waals surface area (Å²) >= 11 is 0. The average molecular weight is 322 g/mol. The zero-order valence-electron chi connectivity index (χ0n) is 13.8. The Kier molecular flexibility index (Phi) is 3.89. The van der Waals surface area contributed by atoms with Gasteiger partial charge in [-0.1, -0.05) is 18.9 Å². The van der Waals surface area contributed by atoms with E-state index >= 15 is 0 Å². The molecule has 0 spiro atoms. The minimum Gasteiger partial charge on any atom is -0.497 e. The Balaban J connectivity index is 1.50. The molecular formula is C20H22N2O2. The quantitative estimate of drug-likeness (QED) is 0.880. The summed E-state index contributed by atoms with van der Waals surface area (Å²) in [7, 11) is 1.62. The van der Waals surface area contributed by atoms with Crippen LogP contribution >= 0.6 is 0 Å². The van der Waals surface area contributed by atoms with Crippen LogP contribution in [0.2, 0.25) is 0 Å². The van der Waals surface area contributed by atoms with E-state index in [2.05, 4.69) is 22.8 Å². The second-order valence-corrected chi connectivity index (χ2v) is 6.63. The van der Waals surface area contributed by atoms with Crippen LogP contribution in [-0.2, 0) is 0 Å². The fourth-order valence-electron chi connectivity index (χ4n) is 3.90. The van der Waals surface area contributed by atoms with Crippen LogP contribution in [0.4, 0.5) is 11.4 Å². The molecule has 1 amide bonds. The summed E-state index contributed by atoms with van der Waals surface area (Å²) in [6, 6.07) is 14.0. The molecule has 1 aliphatic heterocycles. The first-order valence-electron chi connectivity index (χ1n) is 8.60. The summed E-state index contributed by atoms with van der Waals surface area (Å²) in [5.74, 6) is 1.28. The molecular weight excluding hydrogens is 300 g/mol. The summed E-state index contributed by atoms with van der Waals surface area (Å²) in [6.07, 6.45) is 5.14. The van der Waals surface area contributed by atoms with Crippen molar-refractivity contribution >= 4 is 17.3 Å². The molecule has 4 heteroatoms. The van der Waals surface area contributed by atoms with Crippen LogP contribution in [0.25, 0.3) is 0 Å². The van der Waals surface area contributed by atoms with Gasteiger partial charge in [0.15, 0.2) is 0 Å². The number of hydrogen-bond acceptors (Lipinski definition) is 3. The number of anilines is 2. The lowest BCUT2D eigenvalue weighted by atomic mass is 9.83. The number of methoxy groups -OCH3 is 1. The van der Waals surface area contributed by atoms with Gasteiger partial charge in [0.1, 0.15) is 5.75 Å². The van der Waals surface area contributed by atoms with Crippen LogP contribution in [0.3, 0.4) is 0 Å². The first kappa shape index (κ1) is 15.1. The number of rotatable bonds is 3. The van der Waals surface area contributed by atoms with Crippen molar-refractivity contribution in [1.29, 1.82) is 0 Å². The molecule has 2 aromatic carbocycles. The van der Waals surface area contributed by atoms with Gasteiger partial charge >= 0.3 is 0 Å².